The van der Waals surface area contributed by atoms with Crippen LogP contribution in [0.3, 0.4) is 0 Å². The summed E-state index contributed by atoms with van der Waals surface area (Å²) in [7, 11) is 0. The van der Waals surface area contributed by atoms with Crippen molar-refractivity contribution < 1.29 is 0 Å². The third kappa shape index (κ3) is 3.57. The Kier molecular flexibility index (Phi) is 7.17. The average molecular weight is 257 g/mol. The Morgan fingerprint density at radius 1 is 1.29 bits per heavy atom. The van der Waals surface area contributed by atoms with E-state index in [1.807, 2.05) is 6.20 Å². The standard InChI is InChI=1S/C7H12N4S.2ClH/c1-2-8-3-5-11(4-1)7-6-9-12-10-7;;/h6,8H,1-5H2;2*1H. The summed E-state index contributed by atoms with van der Waals surface area (Å²) in [6, 6.07) is 0. The molecule has 4 nitrogen and oxygen atoms in total. The molecule has 82 valence electrons. The van der Waals surface area contributed by atoms with Crippen LogP contribution in [0.4, 0.5) is 5.82 Å². The minimum absolute atomic E-state index is 0. The van der Waals surface area contributed by atoms with Gasteiger partial charge in [-0.25, -0.2) is 0 Å². The number of nitrogens with one attached hydrogen (secondary N) is 1. The van der Waals surface area contributed by atoms with Crippen LogP contribution in [0.5, 0.6) is 0 Å². The Labute approximate surface area is 100 Å². The lowest BCUT2D eigenvalue weighted by Gasteiger charge is -2.17. The maximum absolute atomic E-state index is 4.21. The van der Waals surface area contributed by atoms with Crippen molar-refractivity contribution in [3.63, 3.8) is 0 Å². The molecule has 2 heterocycles. The van der Waals surface area contributed by atoms with Crippen molar-refractivity contribution in [2.24, 2.45) is 0 Å². The van der Waals surface area contributed by atoms with E-state index in [0.29, 0.717) is 0 Å². The van der Waals surface area contributed by atoms with Gasteiger partial charge in [-0.05, 0) is 13.0 Å². The minimum Gasteiger partial charge on any atom is -0.353 e. The molecule has 0 aliphatic carbocycles. The van der Waals surface area contributed by atoms with Gasteiger partial charge in [0.25, 0.3) is 0 Å². The van der Waals surface area contributed by atoms with E-state index in [4.69, 9.17) is 0 Å². The van der Waals surface area contributed by atoms with Gasteiger partial charge in [-0.1, -0.05) is 0 Å². The molecule has 0 saturated carbocycles. The molecule has 0 aromatic carbocycles. The highest BCUT2D eigenvalue weighted by Gasteiger charge is 2.10. The molecule has 0 bridgehead atoms. The van der Waals surface area contributed by atoms with Gasteiger partial charge in [0.2, 0.25) is 0 Å². The molecule has 1 aromatic heterocycles. The molecule has 2 rings (SSSR count). The van der Waals surface area contributed by atoms with Crippen LogP contribution in [0, 0.1) is 0 Å². The highest BCUT2D eigenvalue weighted by molar-refractivity contribution is 6.99. The number of rotatable bonds is 1. The lowest BCUT2D eigenvalue weighted by Crippen LogP contribution is -2.27. The zero-order valence-corrected chi connectivity index (χ0v) is 10.1. The second kappa shape index (κ2) is 7.23. The van der Waals surface area contributed by atoms with Crippen LogP contribution in [0.1, 0.15) is 6.42 Å². The van der Waals surface area contributed by atoms with Crippen LogP contribution < -0.4 is 10.2 Å². The monoisotopic (exact) mass is 256 g/mol. The van der Waals surface area contributed by atoms with Crippen LogP contribution in [0.15, 0.2) is 6.20 Å². The van der Waals surface area contributed by atoms with E-state index in [-0.39, 0.29) is 24.8 Å². The first-order chi connectivity index (χ1) is 5.97. The fraction of sp³-hybridized carbons (Fsp3) is 0.714. The largest absolute Gasteiger partial charge is 0.353 e. The van der Waals surface area contributed by atoms with Crippen LogP contribution >= 0.6 is 36.5 Å². The smallest absolute Gasteiger partial charge is 0.162 e. The zero-order valence-electron chi connectivity index (χ0n) is 7.68. The van der Waals surface area contributed by atoms with Gasteiger partial charge in [0, 0.05) is 19.6 Å². The average Bonchev–Trinajstić information content (AvgIpc) is 2.48. The Hall–Kier alpha value is -0.100. The summed E-state index contributed by atoms with van der Waals surface area (Å²) in [5, 5.41) is 3.35. The molecular weight excluding hydrogens is 243 g/mol. The molecular formula is C7H14Cl2N4S. The lowest BCUT2D eigenvalue weighted by atomic mass is 10.4. The molecule has 0 unspecified atom stereocenters. The maximum atomic E-state index is 4.21. The van der Waals surface area contributed by atoms with Gasteiger partial charge < -0.3 is 10.2 Å². The Balaban J connectivity index is 0.000000845. The van der Waals surface area contributed by atoms with Gasteiger partial charge >= 0.3 is 0 Å². The summed E-state index contributed by atoms with van der Waals surface area (Å²) in [6.45, 7) is 4.31. The van der Waals surface area contributed by atoms with E-state index < -0.39 is 0 Å². The second-order valence-electron chi connectivity index (χ2n) is 2.86. The van der Waals surface area contributed by atoms with Gasteiger partial charge in [0.1, 0.15) is 0 Å². The molecule has 1 aromatic rings. The van der Waals surface area contributed by atoms with Crippen LogP contribution in [0.2, 0.25) is 0 Å². The quantitative estimate of drug-likeness (QED) is 0.820. The Bertz CT molecular complexity index is 224. The fourth-order valence-corrected chi connectivity index (χ4v) is 1.81. The molecule has 0 spiro atoms. The fourth-order valence-electron chi connectivity index (χ4n) is 1.37. The molecule has 14 heavy (non-hydrogen) atoms. The summed E-state index contributed by atoms with van der Waals surface area (Å²) in [4.78, 5) is 2.28. The first-order valence-corrected chi connectivity index (χ1v) is 4.93. The number of halogens is 2. The van der Waals surface area contributed by atoms with Gasteiger partial charge in [-0.15, -0.1) is 24.8 Å². The molecule has 0 radical (unpaired) electrons. The highest BCUT2D eigenvalue weighted by atomic mass is 35.5. The predicted molar refractivity (Wildman–Crippen MR) is 64.1 cm³/mol. The summed E-state index contributed by atoms with van der Waals surface area (Å²) < 4.78 is 8.21. The van der Waals surface area contributed by atoms with Crippen molar-refractivity contribution in [1.29, 1.82) is 0 Å². The van der Waals surface area contributed by atoms with Crippen LogP contribution in [-0.4, -0.2) is 34.9 Å². The third-order valence-electron chi connectivity index (χ3n) is 2.01. The Morgan fingerprint density at radius 2 is 2.14 bits per heavy atom. The highest BCUT2D eigenvalue weighted by Crippen LogP contribution is 2.10. The van der Waals surface area contributed by atoms with Gasteiger partial charge in [0.05, 0.1) is 17.9 Å². The third-order valence-corrected chi connectivity index (χ3v) is 2.48. The van der Waals surface area contributed by atoms with Crippen molar-refractivity contribution in [1.82, 2.24) is 14.1 Å². The van der Waals surface area contributed by atoms with Crippen molar-refractivity contribution >= 4 is 42.4 Å². The normalized spacial score (nSPS) is 16.4. The molecule has 1 fully saturated rings. The molecule has 0 atom stereocenters. The molecule has 0 amide bonds. The van der Waals surface area contributed by atoms with E-state index in [9.17, 15) is 0 Å². The molecule has 7 heteroatoms. The topological polar surface area (TPSA) is 41.1 Å². The van der Waals surface area contributed by atoms with E-state index in [1.54, 1.807) is 0 Å². The van der Waals surface area contributed by atoms with Crippen molar-refractivity contribution in [2.45, 2.75) is 6.42 Å². The first kappa shape index (κ1) is 13.9. The van der Waals surface area contributed by atoms with E-state index >= 15 is 0 Å². The van der Waals surface area contributed by atoms with Gasteiger partial charge in [0.15, 0.2) is 5.82 Å². The summed E-state index contributed by atoms with van der Waals surface area (Å²) in [5.41, 5.74) is 0. The summed E-state index contributed by atoms with van der Waals surface area (Å²) in [6.07, 6.45) is 3.04. The number of hydrogen-bond donors (Lipinski definition) is 1. The summed E-state index contributed by atoms with van der Waals surface area (Å²) in [5.74, 6) is 1.03. The molecule has 1 aliphatic rings. The van der Waals surface area contributed by atoms with Crippen LogP contribution in [0.25, 0.3) is 0 Å². The second-order valence-corrected chi connectivity index (χ2v) is 3.41. The van der Waals surface area contributed by atoms with E-state index in [2.05, 4.69) is 19.0 Å². The van der Waals surface area contributed by atoms with Crippen LogP contribution in [-0.2, 0) is 0 Å². The molecule has 1 saturated heterocycles. The maximum Gasteiger partial charge on any atom is 0.162 e. The zero-order chi connectivity index (χ0) is 8.23. The number of anilines is 1. The number of nitrogens with zero attached hydrogens (tertiary/aromatic N) is 3. The van der Waals surface area contributed by atoms with Crippen molar-refractivity contribution in [2.75, 3.05) is 31.1 Å². The van der Waals surface area contributed by atoms with Gasteiger partial charge in [-0.2, -0.15) is 8.75 Å². The van der Waals surface area contributed by atoms with Gasteiger partial charge in [-0.3, -0.25) is 0 Å². The van der Waals surface area contributed by atoms with Crippen molar-refractivity contribution in [3.05, 3.63) is 6.20 Å². The number of aromatic nitrogens is 2. The predicted octanol–water partition coefficient (Wildman–Crippen LogP) is 1.18. The minimum atomic E-state index is 0. The SMILES string of the molecule is Cl.Cl.c1nsnc1N1CCCNCC1. The molecule has 1 N–H and O–H groups in total. The number of hydrogen-bond acceptors (Lipinski definition) is 5. The van der Waals surface area contributed by atoms with Crippen molar-refractivity contribution in [3.8, 4) is 0 Å². The van der Waals surface area contributed by atoms with E-state index in [1.165, 1.54) is 18.1 Å². The Morgan fingerprint density at radius 3 is 2.86 bits per heavy atom. The summed E-state index contributed by atoms with van der Waals surface area (Å²) >= 11 is 1.28. The first-order valence-electron chi connectivity index (χ1n) is 4.20. The molecule has 1 aliphatic heterocycles. The van der Waals surface area contributed by atoms with E-state index in [0.717, 1.165) is 32.0 Å². The lowest BCUT2D eigenvalue weighted by molar-refractivity contribution is 0.724.